The highest BCUT2D eigenvalue weighted by molar-refractivity contribution is 5.95. The molecule has 0 spiro atoms. The van der Waals surface area contributed by atoms with Gasteiger partial charge in [0, 0.05) is 5.56 Å². The zero-order valence-electron chi connectivity index (χ0n) is 9.53. The van der Waals surface area contributed by atoms with E-state index < -0.39 is 5.91 Å². The summed E-state index contributed by atoms with van der Waals surface area (Å²) < 4.78 is 4.72. The third-order valence-corrected chi connectivity index (χ3v) is 1.95. The number of primary amides is 1. The van der Waals surface area contributed by atoms with E-state index in [-0.39, 0.29) is 12.4 Å². The second-order valence-electron chi connectivity index (χ2n) is 3.19. The van der Waals surface area contributed by atoms with E-state index in [1.54, 1.807) is 31.2 Å². The van der Waals surface area contributed by atoms with E-state index in [4.69, 9.17) is 10.5 Å². The Kier molecular flexibility index (Phi) is 4.77. The molecule has 2 N–H and O–H groups in total. The fraction of sp³-hybridized carbons (Fsp3) is 0.231. The van der Waals surface area contributed by atoms with E-state index in [0.717, 1.165) is 0 Å². The normalized spacial score (nSPS) is 9.00. The van der Waals surface area contributed by atoms with Crippen molar-refractivity contribution in [1.29, 1.82) is 0 Å². The van der Waals surface area contributed by atoms with E-state index in [2.05, 4.69) is 11.8 Å². The van der Waals surface area contributed by atoms with Gasteiger partial charge in [-0.1, -0.05) is 24.0 Å². The zero-order valence-corrected chi connectivity index (χ0v) is 9.53. The van der Waals surface area contributed by atoms with Crippen LogP contribution >= 0.6 is 0 Å². The van der Waals surface area contributed by atoms with Crippen molar-refractivity contribution in [2.24, 2.45) is 5.73 Å². The van der Waals surface area contributed by atoms with Crippen LogP contribution in [0.2, 0.25) is 0 Å². The van der Waals surface area contributed by atoms with E-state index in [9.17, 15) is 9.59 Å². The molecule has 0 heterocycles. The summed E-state index contributed by atoms with van der Waals surface area (Å²) >= 11 is 0. The van der Waals surface area contributed by atoms with Gasteiger partial charge in [-0.05, 0) is 19.1 Å². The van der Waals surface area contributed by atoms with Crippen LogP contribution in [0.5, 0.6) is 0 Å². The van der Waals surface area contributed by atoms with E-state index in [1.807, 2.05) is 0 Å². The summed E-state index contributed by atoms with van der Waals surface area (Å²) in [5.41, 5.74) is 6.06. The molecule has 1 aromatic carbocycles. The smallest absolute Gasteiger partial charge is 0.317 e. The lowest BCUT2D eigenvalue weighted by molar-refractivity contribution is -0.141. The third kappa shape index (κ3) is 3.99. The SMILES string of the molecule is CCOC(=O)CC#Cc1ccccc1C(N)=O. The molecule has 0 aliphatic carbocycles. The Morgan fingerprint density at radius 1 is 1.35 bits per heavy atom. The van der Waals surface area contributed by atoms with Gasteiger partial charge in [-0.15, -0.1) is 0 Å². The third-order valence-electron chi connectivity index (χ3n) is 1.95. The molecule has 0 aromatic heterocycles. The molecule has 1 amide bonds. The first-order chi connectivity index (χ1) is 8.15. The van der Waals surface area contributed by atoms with Crippen molar-refractivity contribution < 1.29 is 14.3 Å². The maximum absolute atomic E-state index is 11.1. The van der Waals surface area contributed by atoms with Gasteiger partial charge in [-0.25, -0.2) is 0 Å². The summed E-state index contributed by atoms with van der Waals surface area (Å²) in [5, 5.41) is 0. The summed E-state index contributed by atoms with van der Waals surface area (Å²) in [6.45, 7) is 2.06. The van der Waals surface area contributed by atoms with Gasteiger partial charge in [-0.3, -0.25) is 9.59 Å². The molecule has 4 nitrogen and oxygen atoms in total. The summed E-state index contributed by atoms with van der Waals surface area (Å²) in [5.74, 6) is 4.47. The lowest BCUT2D eigenvalue weighted by atomic mass is 10.1. The van der Waals surface area contributed by atoms with Crippen LogP contribution < -0.4 is 5.73 Å². The molecular formula is C13H13NO3. The number of nitrogens with two attached hydrogens (primary N) is 1. The maximum Gasteiger partial charge on any atom is 0.317 e. The Labute approximate surface area is 99.8 Å². The van der Waals surface area contributed by atoms with Crippen LogP contribution in [0.3, 0.4) is 0 Å². The van der Waals surface area contributed by atoms with Crippen molar-refractivity contribution >= 4 is 11.9 Å². The molecule has 0 radical (unpaired) electrons. The average Bonchev–Trinajstić information content (AvgIpc) is 2.30. The number of rotatable bonds is 3. The van der Waals surface area contributed by atoms with Crippen molar-refractivity contribution in [2.45, 2.75) is 13.3 Å². The van der Waals surface area contributed by atoms with Crippen molar-refractivity contribution in [3.63, 3.8) is 0 Å². The minimum atomic E-state index is -0.536. The fourth-order valence-electron chi connectivity index (χ4n) is 1.23. The van der Waals surface area contributed by atoms with Crippen LogP contribution in [0.25, 0.3) is 0 Å². The van der Waals surface area contributed by atoms with Gasteiger partial charge in [0.25, 0.3) is 0 Å². The highest BCUT2D eigenvalue weighted by atomic mass is 16.5. The van der Waals surface area contributed by atoms with E-state index in [1.165, 1.54) is 0 Å². The van der Waals surface area contributed by atoms with Gasteiger partial charge in [0.05, 0.1) is 12.2 Å². The highest BCUT2D eigenvalue weighted by Gasteiger charge is 2.04. The molecule has 1 aromatic rings. The van der Waals surface area contributed by atoms with Gasteiger partial charge in [0.15, 0.2) is 0 Å². The largest absolute Gasteiger partial charge is 0.465 e. The molecule has 1 rings (SSSR count). The number of ether oxygens (including phenoxy) is 1. The van der Waals surface area contributed by atoms with Crippen molar-refractivity contribution in [2.75, 3.05) is 6.61 Å². The standard InChI is InChI=1S/C13H13NO3/c1-2-17-12(15)9-5-7-10-6-3-4-8-11(10)13(14)16/h3-4,6,8H,2,9H2,1H3,(H2,14,16). The number of hydrogen-bond donors (Lipinski definition) is 1. The molecule has 88 valence electrons. The minimum absolute atomic E-state index is 0.000929. The summed E-state index contributed by atoms with van der Waals surface area (Å²) in [6, 6.07) is 6.73. The van der Waals surface area contributed by atoms with Crippen molar-refractivity contribution in [3.8, 4) is 11.8 Å². The number of benzene rings is 1. The zero-order chi connectivity index (χ0) is 12.7. The van der Waals surface area contributed by atoms with Crippen LogP contribution in [0.4, 0.5) is 0 Å². The molecule has 0 aliphatic heterocycles. The van der Waals surface area contributed by atoms with Crippen LogP contribution in [-0.4, -0.2) is 18.5 Å². The van der Waals surface area contributed by atoms with Crippen LogP contribution in [0, 0.1) is 11.8 Å². The first kappa shape index (κ1) is 12.8. The molecule has 4 heteroatoms. The average molecular weight is 231 g/mol. The molecule has 0 aliphatic rings. The van der Waals surface area contributed by atoms with Gasteiger partial charge in [0.1, 0.15) is 6.42 Å². The van der Waals surface area contributed by atoms with E-state index >= 15 is 0 Å². The quantitative estimate of drug-likeness (QED) is 0.625. The molecule has 0 fully saturated rings. The number of hydrogen-bond acceptors (Lipinski definition) is 3. The Bertz CT molecular complexity index is 483. The lowest BCUT2D eigenvalue weighted by Crippen LogP contribution is -2.12. The van der Waals surface area contributed by atoms with Crippen LogP contribution in [0.15, 0.2) is 24.3 Å². The molecule has 0 bridgehead atoms. The maximum atomic E-state index is 11.1. The van der Waals surface area contributed by atoms with Gasteiger partial charge in [0.2, 0.25) is 5.91 Å². The predicted octanol–water partition coefficient (Wildman–Crippen LogP) is 1.09. The topological polar surface area (TPSA) is 69.4 Å². The first-order valence-electron chi connectivity index (χ1n) is 5.18. The van der Waals surface area contributed by atoms with Crippen molar-refractivity contribution in [1.82, 2.24) is 0 Å². The monoisotopic (exact) mass is 231 g/mol. The van der Waals surface area contributed by atoms with Gasteiger partial charge in [-0.2, -0.15) is 0 Å². The predicted molar refractivity (Wildman–Crippen MR) is 63.1 cm³/mol. The molecule has 0 unspecified atom stereocenters. The first-order valence-corrected chi connectivity index (χ1v) is 5.18. The number of amides is 1. The Hall–Kier alpha value is -2.28. The number of carbonyl (C=O) groups is 2. The lowest BCUT2D eigenvalue weighted by Gasteiger charge is -1.98. The molecule has 0 saturated carbocycles. The fourth-order valence-corrected chi connectivity index (χ4v) is 1.23. The van der Waals surface area contributed by atoms with Crippen LogP contribution in [-0.2, 0) is 9.53 Å². The van der Waals surface area contributed by atoms with Crippen LogP contribution in [0.1, 0.15) is 29.3 Å². The Balaban J connectivity index is 2.78. The summed E-state index contributed by atoms with van der Waals surface area (Å²) in [7, 11) is 0. The molecular weight excluding hydrogens is 218 g/mol. The second kappa shape index (κ2) is 6.33. The number of carbonyl (C=O) groups excluding carboxylic acids is 2. The Morgan fingerprint density at radius 3 is 2.71 bits per heavy atom. The highest BCUT2D eigenvalue weighted by Crippen LogP contribution is 2.05. The van der Waals surface area contributed by atoms with Crippen molar-refractivity contribution in [3.05, 3.63) is 35.4 Å². The number of esters is 1. The molecule has 0 saturated heterocycles. The Morgan fingerprint density at radius 2 is 2.06 bits per heavy atom. The van der Waals surface area contributed by atoms with E-state index in [0.29, 0.717) is 17.7 Å². The molecule has 0 atom stereocenters. The summed E-state index contributed by atoms with van der Waals surface area (Å²) in [4.78, 5) is 22.1. The molecule has 17 heavy (non-hydrogen) atoms. The second-order valence-corrected chi connectivity index (χ2v) is 3.19. The summed E-state index contributed by atoms with van der Waals surface area (Å²) in [6.07, 6.45) is 0.000929. The van der Waals surface area contributed by atoms with Gasteiger partial charge < -0.3 is 10.5 Å². The minimum Gasteiger partial charge on any atom is -0.465 e. The van der Waals surface area contributed by atoms with Gasteiger partial charge >= 0.3 is 5.97 Å².